The predicted octanol–water partition coefficient (Wildman–Crippen LogP) is 2.39. The molecule has 1 atom stereocenters. The first-order chi connectivity index (χ1) is 19.6. The Morgan fingerprint density at radius 2 is 1.90 bits per heavy atom. The van der Waals surface area contributed by atoms with Crippen LogP contribution in [0.1, 0.15) is 48.8 Å². The Bertz CT molecular complexity index is 1520. The molecule has 0 amide bonds. The molecule has 4 aromatic rings. The Morgan fingerprint density at radius 1 is 1.24 bits per heavy atom. The van der Waals surface area contributed by atoms with E-state index in [9.17, 15) is 4.79 Å². The van der Waals surface area contributed by atoms with Gasteiger partial charge in [0.05, 0.1) is 6.61 Å². The zero-order valence-electron chi connectivity index (χ0n) is 22.5. The van der Waals surface area contributed by atoms with Crippen molar-refractivity contribution in [2.45, 2.75) is 32.7 Å². The van der Waals surface area contributed by atoms with Crippen LogP contribution in [0.25, 0.3) is 5.95 Å². The fourth-order valence-electron chi connectivity index (χ4n) is 3.66. The number of nitrogens with one attached hydrogen (secondary N) is 3. The first-order valence-electron chi connectivity index (χ1n) is 12.6. The average molecular weight is 567 g/mol. The van der Waals surface area contributed by atoms with Crippen LogP contribution in [0.4, 0.5) is 10.1 Å². The molecule has 41 heavy (non-hydrogen) atoms. The lowest BCUT2D eigenvalue weighted by Gasteiger charge is -2.21. The summed E-state index contributed by atoms with van der Waals surface area (Å²) in [6.45, 7) is 3.07. The van der Waals surface area contributed by atoms with Gasteiger partial charge in [-0.1, -0.05) is 13.0 Å². The van der Waals surface area contributed by atoms with E-state index < -0.39 is 23.5 Å². The third kappa shape index (κ3) is 8.19. The summed E-state index contributed by atoms with van der Waals surface area (Å²) in [5.41, 5.74) is 7.08. The van der Waals surface area contributed by atoms with E-state index in [1.165, 1.54) is 12.4 Å². The maximum Gasteiger partial charge on any atom is 0.350 e. The highest BCUT2D eigenvalue weighted by molar-refractivity contribution is 5.95. The van der Waals surface area contributed by atoms with E-state index in [1.807, 2.05) is 6.92 Å². The van der Waals surface area contributed by atoms with Crippen LogP contribution in [0.3, 0.4) is 0 Å². The number of benzene rings is 2. The summed E-state index contributed by atoms with van der Waals surface area (Å²) >= 11 is 0. The van der Waals surface area contributed by atoms with Crippen molar-refractivity contribution < 1.29 is 24.1 Å². The van der Waals surface area contributed by atoms with Crippen molar-refractivity contribution in [2.24, 2.45) is 5.73 Å². The number of carboxylic acids is 1. The number of aryl methyl sites for hydroxylation is 1. The van der Waals surface area contributed by atoms with Gasteiger partial charge < -0.3 is 26.0 Å². The first-order valence-corrected chi connectivity index (χ1v) is 12.6. The van der Waals surface area contributed by atoms with E-state index in [0.29, 0.717) is 24.1 Å². The second-order valence-corrected chi connectivity index (χ2v) is 8.64. The molecule has 0 saturated carbocycles. The minimum atomic E-state index is -0.937. The summed E-state index contributed by atoms with van der Waals surface area (Å²) in [7, 11) is 0. The number of ether oxygens (including phenoxy) is 1. The van der Waals surface area contributed by atoms with Crippen LogP contribution < -0.4 is 21.5 Å². The topological polar surface area (TPSA) is 205 Å². The van der Waals surface area contributed by atoms with E-state index in [2.05, 4.69) is 25.4 Å². The van der Waals surface area contributed by atoms with Crippen LogP contribution >= 0.6 is 0 Å². The van der Waals surface area contributed by atoms with Gasteiger partial charge in [-0.2, -0.15) is 0 Å². The van der Waals surface area contributed by atoms with E-state index in [4.69, 9.17) is 30.9 Å². The van der Waals surface area contributed by atoms with Gasteiger partial charge in [0.25, 0.3) is 11.9 Å². The normalized spacial score (nSPS) is 11.2. The number of aromatic amines is 1. The van der Waals surface area contributed by atoms with Crippen LogP contribution in [0.15, 0.2) is 59.7 Å². The molecule has 4 rings (SSSR count). The number of H-pyrrole nitrogens is 1. The van der Waals surface area contributed by atoms with Crippen LogP contribution in [0.5, 0.6) is 5.75 Å². The molecule has 0 saturated heterocycles. The SMILES string of the molecule is CC(=O)O.CCc1cc(OCCCO)c(F)c([C@H](Nc2ccc(C(=N)N)cc2)c2nn(-c3ncccn3)c(=O)[nH]2)c1. The Balaban J connectivity index is 0.00000108. The summed E-state index contributed by atoms with van der Waals surface area (Å²) in [5, 5.41) is 31.7. The molecule has 216 valence electrons. The van der Waals surface area contributed by atoms with Crippen molar-refractivity contribution in [1.82, 2.24) is 24.7 Å². The largest absolute Gasteiger partial charge is 0.490 e. The standard InChI is InChI=1S/C25H27FN8O3.C2H4O2/c1-2-15-13-18(20(26)19(14-15)37-12-4-11-35)21(31-17-7-5-16(6-8-17)22(27)28)23-32-25(36)34(33-23)24-29-9-3-10-30-24;1-2(3)4/h3,5-10,13-14,21,31,35H,2,4,11-12H2,1H3,(H3,27,28)(H,32,33,36);1H3,(H,3,4)/t21-;/m0./s1. The molecule has 0 bridgehead atoms. The number of carbonyl (C=O) groups is 1. The number of nitrogen functional groups attached to an aromatic ring is 1. The van der Waals surface area contributed by atoms with Crippen molar-refractivity contribution in [3.05, 3.63) is 93.7 Å². The minimum Gasteiger partial charge on any atom is -0.490 e. The summed E-state index contributed by atoms with van der Waals surface area (Å²) in [6, 6.07) is 10.7. The van der Waals surface area contributed by atoms with Gasteiger partial charge >= 0.3 is 5.69 Å². The van der Waals surface area contributed by atoms with Crippen molar-refractivity contribution in [3.8, 4) is 11.7 Å². The highest BCUT2D eigenvalue weighted by Crippen LogP contribution is 2.32. The number of halogens is 1. The number of rotatable bonds is 11. The molecule has 13 nitrogen and oxygen atoms in total. The molecule has 0 unspecified atom stereocenters. The third-order valence-electron chi connectivity index (χ3n) is 5.56. The second kappa shape index (κ2) is 14.3. The molecule has 2 aromatic carbocycles. The summed E-state index contributed by atoms with van der Waals surface area (Å²) in [6.07, 6.45) is 3.92. The summed E-state index contributed by atoms with van der Waals surface area (Å²) < 4.78 is 22.5. The number of nitrogens with two attached hydrogens (primary N) is 1. The number of nitrogens with zero attached hydrogens (tertiary/aromatic N) is 4. The van der Waals surface area contributed by atoms with Gasteiger partial charge in [-0.05, 0) is 48.4 Å². The summed E-state index contributed by atoms with van der Waals surface area (Å²) in [5.74, 6) is -1.31. The smallest absolute Gasteiger partial charge is 0.350 e. The number of hydrogen-bond donors (Lipinski definition) is 6. The van der Waals surface area contributed by atoms with Crippen LogP contribution in [-0.4, -0.2) is 60.0 Å². The van der Waals surface area contributed by atoms with E-state index in [0.717, 1.165) is 17.2 Å². The quantitative estimate of drug-likeness (QED) is 0.0888. The highest BCUT2D eigenvalue weighted by atomic mass is 19.1. The van der Waals surface area contributed by atoms with Crippen molar-refractivity contribution >= 4 is 17.5 Å². The van der Waals surface area contributed by atoms with Crippen molar-refractivity contribution in [2.75, 3.05) is 18.5 Å². The Hall–Kier alpha value is -5.11. The van der Waals surface area contributed by atoms with Gasteiger partial charge in [-0.15, -0.1) is 9.78 Å². The van der Waals surface area contributed by atoms with Gasteiger partial charge in [-0.25, -0.2) is 19.2 Å². The molecule has 2 aromatic heterocycles. The number of aliphatic hydroxyl groups is 1. The van der Waals surface area contributed by atoms with Gasteiger partial charge in [-0.3, -0.25) is 15.2 Å². The molecule has 0 aliphatic rings. The lowest BCUT2D eigenvalue weighted by atomic mass is 10.00. The number of amidine groups is 1. The fraction of sp³-hybridized carbons (Fsp3) is 0.259. The van der Waals surface area contributed by atoms with Gasteiger partial charge in [0.2, 0.25) is 0 Å². The van der Waals surface area contributed by atoms with Crippen LogP contribution in [0.2, 0.25) is 0 Å². The molecule has 0 spiro atoms. The number of carboxylic acid groups (broad SMARTS) is 1. The number of aliphatic hydroxyl groups excluding tert-OH is 1. The molecular weight excluding hydrogens is 535 g/mol. The molecule has 0 fully saturated rings. The van der Waals surface area contributed by atoms with Crippen LogP contribution in [-0.2, 0) is 11.2 Å². The van der Waals surface area contributed by atoms with Crippen molar-refractivity contribution in [3.63, 3.8) is 0 Å². The maximum atomic E-state index is 15.8. The number of hydrogen-bond acceptors (Lipinski definition) is 9. The van der Waals surface area contributed by atoms with E-state index >= 15 is 4.39 Å². The van der Waals surface area contributed by atoms with Gasteiger partial charge in [0.1, 0.15) is 11.9 Å². The molecule has 0 aliphatic heterocycles. The molecule has 0 radical (unpaired) electrons. The Kier molecular flexibility index (Phi) is 10.6. The maximum absolute atomic E-state index is 15.8. The Morgan fingerprint density at radius 3 is 2.49 bits per heavy atom. The lowest BCUT2D eigenvalue weighted by Crippen LogP contribution is -2.18. The van der Waals surface area contributed by atoms with E-state index in [1.54, 1.807) is 42.5 Å². The van der Waals surface area contributed by atoms with Gasteiger partial charge in [0, 0.05) is 49.2 Å². The third-order valence-corrected chi connectivity index (χ3v) is 5.56. The Labute approximate surface area is 234 Å². The second-order valence-electron chi connectivity index (χ2n) is 8.64. The fourth-order valence-corrected chi connectivity index (χ4v) is 3.66. The van der Waals surface area contributed by atoms with E-state index in [-0.39, 0.29) is 42.1 Å². The number of anilines is 1. The zero-order chi connectivity index (χ0) is 29.9. The molecular formula is C27H31FN8O5. The van der Waals surface area contributed by atoms with Gasteiger partial charge in [0.15, 0.2) is 17.4 Å². The number of aliphatic carboxylic acids is 1. The molecule has 14 heteroatoms. The average Bonchev–Trinajstić information content (AvgIpc) is 3.34. The summed E-state index contributed by atoms with van der Waals surface area (Å²) in [4.78, 5) is 32.6. The van der Waals surface area contributed by atoms with Crippen LogP contribution in [0, 0.1) is 11.2 Å². The highest BCUT2D eigenvalue weighted by Gasteiger charge is 2.26. The molecule has 0 aliphatic carbocycles. The monoisotopic (exact) mass is 566 g/mol. The molecule has 2 heterocycles. The lowest BCUT2D eigenvalue weighted by molar-refractivity contribution is -0.134. The zero-order valence-corrected chi connectivity index (χ0v) is 22.5. The van der Waals surface area contributed by atoms with Crippen molar-refractivity contribution in [1.29, 1.82) is 5.41 Å². The first kappa shape index (κ1) is 30.4. The molecule has 7 N–H and O–H groups in total. The predicted molar refractivity (Wildman–Crippen MR) is 149 cm³/mol. The number of aromatic nitrogens is 5. The minimum absolute atomic E-state index is 0.0368.